The molecular formula is C16H21ClN2O3. The van der Waals surface area contributed by atoms with E-state index in [-0.39, 0.29) is 17.9 Å². The van der Waals surface area contributed by atoms with E-state index >= 15 is 0 Å². The first-order valence-corrected chi connectivity index (χ1v) is 7.84. The third-order valence-corrected chi connectivity index (χ3v) is 4.05. The second-order valence-corrected chi connectivity index (χ2v) is 5.87. The smallest absolute Gasteiger partial charge is 0.261 e. The molecule has 1 aromatic rings. The second-order valence-electron chi connectivity index (χ2n) is 5.46. The van der Waals surface area contributed by atoms with E-state index in [9.17, 15) is 9.59 Å². The molecule has 1 aliphatic heterocycles. The number of likely N-dealkylation sites (N-methyl/N-ethyl adjacent to an activating group) is 1. The van der Waals surface area contributed by atoms with Gasteiger partial charge in [0.25, 0.3) is 5.91 Å². The number of halogens is 1. The Morgan fingerprint density at radius 2 is 2.23 bits per heavy atom. The Hall–Kier alpha value is -1.75. The van der Waals surface area contributed by atoms with Crippen LogP contribution in [0.5, 0.6) is 5.75 Å². The van der Waals surface area contributed by atoms with Gasteiger partial charge in [0, 0.05) is 26.1 Å². The summed E-state index contributed by atoms with van der Waals surface area (Å²) in [7, 11) is 1.75. The van der Waals surface area contributed by atoms with E-state index in [1.165, 1.54) is 0 Å². The standard InChI is InChI=1S/C16H21ClN2O3/c1-3-13(22-14-7-5-4-6-12(14)17)16(21)18-11-8-9-15(20)19(2)10-11/h4-7,11,13H,3,8-10H2,1-2H3,(H,18,21)/t11-,13-/m1/s1. The van der Waals surface area contributed by atoms with E-state index in [0.29, 0.717) is 36.6 Å². The highest BCUT2D eigenvalue weighted by Gasteiger charge is 2.27. The number of rotatable bonds is 5. The van der Waals surface area contributed by atoms with Gasteiger partial charge in [-0.25, -0.2) is 0 Å². The van der Waals surface area contributed by atoms with Crippen LogP contribution in [0.2, 0.25) is 5.02 Å². The summed E-state index contributed by atoms with van der Waals surface area (Å²) in [5.74, 6) is 0.446. The molecule has 1 fully saturated rings. The average molecular weight is 325 g/mol. The Kier molecular flexibility index (Phi) is 5.66. The molecule has 6 heteroatoms. The third-order valence-electron chi connectivity index (χ3n) is 3.74. The highest BCUT2D eigenvalue weighted by molar-refractivity contribution is 6.32. The number of hydrogen-bond acceptors (Lipinski definition) is 3. The van der Waals surface area contributed by atoms with Gasteiger partial charge < -0.3 is 15.0 Å². The van der Waals surface area contributed by atoms with Crippen molar-refractivity contribution < 1.29 is 14.3 Å². The van der Waals surface area contributed by atoms with Gasteiger partial charge in [-0.2, -0.15) is 0 Å². The predicted molar refractivity (Wildman–Crippen MR) is 85.0 cm³/mol. The maximum Gasteiger partial charge on any atom is 0.261 e. The number of nitrogens with zero attached hydrogens (tertiary/aromatic N) is 1. The van der Waals surface area contributed by atoms with Crippen molar-refractivity contribution in [2.24, 2.45) is 0 Å². The van der Waals surface area contributed by atoms with Gasteiger partial charge in [-0.15, -0.1) is 0 Å². The van der Waals surface area contributed by atoms with Crippen LogP contribution in [-0.4, -0.2) is 42.5 Å². The van der Waals surface area contributed by atoms with Gasteiger partial charge in [-0.05, 0) is 25.0 Å². The van der Waals surface area contributed by atoms with Crippen molar-refractivity contribution in [2.75, 3.05) is 13.6 Å². The molecule has 0 aliphatic carbocycles. The molecule has 120 valence electrons. The topological polar surface area (TPSA) is 58.6 Å². The number of carbonyl (C=O) groups is 2. The highest BCUT2D eigenvalue weighted by atomic mass is 35.5. The van der Waals surface area contributed by atoms with Crippen molar-refractivity contribution in [1.82, 2.24) is 10.2 Å². The zero-order valence-electron chi connectivity index (χ0n) is 12.8. The van der Waals surface area contributed by atoms with Crippen LogP contribution < -0.4 is 10.1 Å². The molecule has 5 nitrogen and oxygen atoms in total. The van der Waals surface area contributed by atoms with Crippen LogP contribution in [0.1, 0.15) is 26.2 Å². The number of hydrogen-bond donors (Lipinski definition) is 1. The summed E-state index contributed by atoms with van der Waals surface area (Å²) in [6.45, 7) is 2.42. The predicted octanol–water partition coefficient (Wildman–Crippen LogP) is 2.23. The van der Waals surface area contributed by atoms with Gasteiger partial charge in [0.2, 0.25) is 5.91 Å². The Morgan fingerprint density at radius 1 is 1.50 bits per heavy atom. The van der Waals surface area contributed by atoms with Crippen LogP contribution in [0.15, 0.2) is 24.3 Å². The van der Waals surface area contributed by atoms with Gasteiger partial charge in [0.15, 0.2) is 6.10 Å². The van der Waals surface area contributed by atoms with Gasteiger partial charge in [0.1, 0.15) is 5.75 Å². The number of carbonyl (C=O) groups excluding carboxylic acids is 2. The molecule has 0 saturated carbocycles. The van der Waals surface area contributed by atoms with E-state index in [1.54, 1.807) is 24.1 Å². The summed E-state index contributed by atoms with van der Waals surface area (Å²) in [6, 6.07) is 7.06. The van der Waals surface area contributed by atoms with Gasteiger partial charge in [-0.3, -0.25) is 9.59 Å². The van der Waals surface area contributed by atoms with Gasteiger partial charge in [-0.1, -0.05) is 30.7 Å². The average Bonchev–Trinajstić information content (AvgIpc) is 2.50. The quantitative estimate of drug-likeness (QED) is 0.903. The van der Waals surface area contributed by atoms with Crippen LogP contribution in [0.4, 0.5) is 0 Å². The van der Waals surface area contributed by atoms with E-state index < -0.39 is 6.10 Å². The van der Waals surface area contributed by atoms with Crippen LogP contribution >= 0.6 is 11.6 Å². The van der Waals surface area contributed by atoms with Crippen molar-refractivity contribution in [3.05, 3.63) is 29.3 Å². The molecule has 2 rings (SSSR count). The van der Waals surface area contributed by atoms with Crippen LogP contribution in [0.3, 0.4) is 0 Å². The molecule has 0 spiro atoms. The molecule has 1 N–H and O–H groups in total. The fraction of sp³-hybridized carbons (Fsp3) is 0.500. The van der Waals surface area contributed by atoms with Crippen LogP contribution in [-0.2, 0) is 9.59 Å². The Morgan fingerprint density at radius 3 is 2.86 bits per heavy atom. The number of likely N-dealkylation sites (tertiary alicyclic amines) is 1. The molecule has 1 heterocycles. The zero-order valence-corrected chi connectivity index (χ0v) is 13.6. The number of piperidine rings is 1. The summed E-state index contributed by atoms with van der Waals surface area (Å²) in [6.07, 6.45) is 1.07. The second kappa shape index (κ2) is 7.49. The molecule has 1 saturated heterocycles. The first kappa shape index (κ1) is 16.6. The fourth-order valence-corrected chi connectivity index (χ4v) is 2.62. The van der Waals surface area contributed by atoms with Crippen molar-refractivity contribution >= 4 is 23.4 Å². The lowest BCUT2D eigenvalue weighted by molar-refractivity contribution is -0.135. The third kappa shape index (κ3) is 4.13. The van der Waals surface area contributed by atoms with E-state index in [2.05, 4.69) is 5.32 Å². The van der Waals surface area contributed by atoms with Crippen LogP contribution in [0.25, 0.3) is 0 Å². The number of nitrogens with one attached hydrogen (secondary N) is 1. The normalized spacial score (nSPS) is 19.7. The minimum absolute atomic E-state index is 0.0286. The number of amides is 2. The molecule has 1 aliphatic rings. The summed E-state index contributed by atoms with van der Waals surface area (Å²) in [4.78, 5) is 25.5. The Balaban J connectivity index is 1.95. The SMILES string of the molecule is CC[C@@H](Oc1ccccc1Cl)C(=O)N[C@@H]1CCC(=O)N(C)C1. The molecule has 1 aromatic carbocycles. The number of benzene rings is 1. The molecular weight excluding hydrogens is 304 g/mol. The zero-order chi connectivity index (χ0) is 16.1. The largest absolute Gasteiger partial charge is 0.479 e. The lowest BCUT2D eigenvalue weighted by Crippen LogP contribution is -2.51. The Bertz CT molecular complexity index is 550. The molecule has 2 atom stereocenters. The van der Waals surface area contributed by atoms with E-state index in [0.717, 1.165) is 0 Å². The number of para-hydroxylation sites is 1. The molecule has 22 heavy (non-hydrogen) atoms. The fourth-order valence-electron chi connectivity index (χ4n) is 2.44. The van der Waals surface area contributed by atoms with Crippen molar-refractivity contribution in [1.29, 1.82) is 0 Å². The van der Waals surface area contributed by atoms with Crippen molar-refractivity contribution in [3.63, 3.8) is 0 Å². The summed E-state index contributed by atoms with van der Waals surface area (Å²) in [5.41, 5.74) is 0. The maximum absolute atomic E-state index is 12.4. The molecule has 2 amide bonds. The maximum atomic E-state index is 12.4. The number of ether oxygens (including phenoxy) is 1. The Labute approximate surface area is 135 Å². The minimum Gasteiger partial charge on any atom is -0.479 e. The summed E-state index contributed by atoms with van der Waals surface area (Å²) < 4.78 is 5.72. The molecule has 0 unspecified atom stereocenters. The van der Waals surface area contributed by atoms with E-state index in [4.69, 9.17) is 16.3 Å². The summed E-state index contributed by atoms with van der Waals surface area (Å²) >= 11 is 6.06. The monoisotopic (exact) mass is 324 g/mol. The minimum atomic E-state index is -0.595. The van der Waals surface area contributed by atoms with Crippen LogP contribution in [0, 0.1) is 0 Å². The van der Waals surface area contributed by atoms with E-state index in [1.807, 2.05) is 19.1 Å². The van der Waals surface area contributed by atoms with Gasteiger partial charge in [0.05, 0.1) is 5.02 Å². The molecule has 0 radical (unpaired) electrons. The lowest BCUT2D eigenvalue weighted by atomic mass is 10.1. The van der Waals surface area contributed by atoms with Crippen molar-refractivity contribution in [3.8, 4) is 5.75 Å². The summed E-state index contributed by atoms with van der Waals surface area (Å²) in [5, 5.41) is 3.44. The lowest BCUT2D eigenvalue weighted by Gasteiger charge is -2.31. The first-order valence-electron chi connectivity index (χ1n) is 7.46. The molecule has 0 bridgehead atoms. The molecule has 0 aromatic heterocycles. The highest BCUT2D eigenvalue weighted by Crippen LogP contribution is 2.25. The van der Waals surface area contributed by atoms with Crippen molar-refractivity contribution in [2.45, 2.75) is 38.3 Å². The first-order chi connectivity index (χ1) is 10.5. The van der Waals surface area contributed by atoms with Gasteiger partial charge >= 0.3 is 0 Å².